The van der Waals surface area contributed by atoms with E-state index in [1.807, 2.05) is 72.8 Å². The fourth-order valence-corrected chi connectivity index (χ4v) is 4.39. The van der Waals surface area contributed by atoms with Gasteiger partial charge < -0.3 is 4.74 Å². The zero-order chi connectivity index (χ0) is 21.8. The van der Waals surface area contributed by atoms with E-state index in [1.54, 1.807) is 6.08 Å². The first kappa shape index (κ1) is 21.9. The Balaban J connectivity index is 1.41. The Kier molecular flexibility index (Phi) is 6.99. The minimum Gasteiger partial charge on any atom is -0.489 e. The van der Waals surface area contributed by atoms with Crippen molar-refractivity contribution in [3.63, 3.8) is 0 Å². The largest absolute Gasteiger partial charge is 0.489 e. The molecule has 31 heavy (non-hydrogen) atoms. The minimum absolute atomic E-state index is 0.255. The molecule has 1 aliphatic heterocycles. The zero-order valence-electron chi connectivity index (χ0n) is 16.3. The van der Waals surface area contributed by atoms with Crippen molar-refractivity contribution in [1.29, 1.82) is 0 Å². The first-order valence-electron chi connectivity index (χ1n) is 9.46. The lowest BCUT2D eigenvalue weighted by Gasteiger charge is -2.12. The summed E-state index contributed by atoms with van der Waals surface area (Å²) in [5.74, 6) is 0.427. The average Bonchev–Trinajstić information content (AvgIpc) is 3.03. The van der Waals surface area contributed by atoms with E-state index in [-0.39, 0.29) is 17.7 Å². The molecule has 1 saturated heterocycles. The summed E-state index contributed by atoms with van der Waals surface area (Å²) in [6.07, 6.45) is 1.73. The maximum Gasteiger partial charge on any atom is 0.293 e. The molecule has 0 atom stereocenters. The van der Waals surface area contributed by atoms with Crippen molar-refractivity contribution in [3.8, 4) is 5.75 Å². The Morgan fingerprint density at radius 3 is 2.39 bits per heavy atom. The molecule has 7 heteroatoms. The van der Waals surface area contributed by atoms with Crippen LogP contribution in [0.25, 0.3) is 6.08 Å². The van der Waals surface area contributed by atoms with Crippen LogP contribution in [0.15, 0.2) is 77.7 Å². The van der Waals surface area contributed by atoms with Crippen LogP contribution >= 0.6 is 46.0 Å². The molecule has 0 N–H and O–H groups in total. The number of amides is 2. The molecular weight excluding hydrogens is 545 g/mol. The van der Waals surface area contributed by atoms with Crippen LogP contribution in [0.3, 0.4) is 0 Å². The van der Waals surface area contributed by atoms with Crippen molar-refractivity contribution < 1.29 is 14.3 Å². The Morgan fingerprint density at radius 1 is 0.968 bits per heavy atom. The van der Waals surface area contributed by atoms with Gasteiger partial charge >= 0.3 is 0 Å². The summed E-state index contributed by atoms with van der Waals surface area (Å²) in [5, 5.41) is 0.412. The average molecular weight is 562 g/mol. The maximum atomic E-state index is 12.7. The van der Waals surface area contributed by atoms with Crippen LogP contribution in [0.4, 0.5) is 4.79 Å². The second-order valence-corrected chi connectivity index (χ2v) is 9.49. The predicted octanol–water partition coefficient (Wildman–Crippen LogP) is 6.76. The Hall–Kier alpha value is -2.29. The minimum atomic E-state index is -0.271. The number of thioether (sulfide) groups is 1. The monoisotopic (exact) mass is 561 g/mol. The van der Waals surface area contributed by atoms with Crippen LogP contribution < -0.4 is 4.74 Å². The highest BCUT2D eigenvalue weighted by molar-refractivity contribution is 14.1. The summed E-state index contributed by atoms with van der Waals surface area (Å²) >= 11 is 9.34. The van der Waals surface area contributed by atoms with Crippen molar-refractivity contribution >= 4 is 63.2 Å². The van der Waals surface area contributed by atoms with Crippen LogP contribution in [-0.2, 0) is 17.9 Å². The van der Waals surface area contributed by atoms with Crippen LogP contribution in [-0.4, -0.2) is 16.0 Å². The highest BCUT2D eigenvalue weighted by atomic mass is 127. The zero-order valence-corrected chi connectivity index (χ0v) is 20.0. The van der Waals surface area contributed by atoms with E-state index >= 15 is 0 Å². The van der Waals surface area contributed by atoms with Crippen molar-refractivity contribution in [2.24, 2.45) is 0 Å². The number of halogens is 2. The summed E-state index contributed by atoms with van der Waals surface area (Å²) in [7, 11) is 0. The van der Waals surface area contributed by atoms with Crippen LogP contribution in [0.2, 0.25) is 5.02 Å². The van der Waals surface area contributed by atoms with Gasteiger partial charge in [-0.2, -0.15) is 0 Å². The lowest BCUT2D eigenvalue weighted by atomic mass is 10.2. The normalized spacial score (nSPS) is 15.0. The molecule has 2 amide bonds. The van der Waals surface area contributed by atoms with Gasteiger partial charge in [0.15, 0.2) is 0 Å². The van der Waals surface area contributed by atoms with E-state index in [1.165, 1.54) is 4.90 Å². The number of rotatable bonds is 6. The third-order valence-corrected chi connectivity index (χ3v) is 6.65. The molecule has 1 aliphatic rings. The fraction of sp³-hybridized carbons (Fsp3) is 0.0833. The van der Waals surface area contributed by atoms with Gasteiger partial charge in [-0.25, -0.2) is 0 Å². The third-order valence-electron chi connectivity index (χ3n) is 4.66. The van der Waals surface area contributed by atoms with E-state index < -0.39 is 0 Å². The summed E-state index contributed by atoms with van der Waals surface area (Å²) in [5.41, 5.74) is 2.66. The van der Waals surface area contributed by atoms with Gasteiger partial charge in [-0.3, -0.25) is 14.5 Å². The van der Waals surface area contributed by atoms with E-state index in [0.29, 0.717) is 22.3 Å². The first-order chi connectivity index (χ1) is 15.0. The number of carbonyl (C=O) groups excluding carboxylic acids is 2. The smallest absolute Gasteiger partial charge is 0.293 e. The SMILES string of the molecule is O=C1S/C(=C\c2ccc(OCc3ccccc3Cl)cc2)C(=O)N1Cc1ccc(I)cc1. The molecule has 4 nitrogen and oxygen atoms in total. The standard InChI is InChI=1S/C24H17ClINO3S/c25-21-4-2-1-3-18(21)15-30-20-11-7-16(8-12-20)13-22-23(28)27(24(29)31-22)14-17-5-9-19(26)10-6-17/h1-13H,14-15H2/b22-13-. The van der Waals surface area contributed by atoms with Crippen molar-refractivity contribution in [3.05, 3.63) is 103 Å². The lowest BCUT2D eigenvalue weighted by molar-refractivity contribution is -0.123. The molecule has 1 fully saturated rings. The van der Waals surface area contributed by atoms with Gasteiger partial charge in [0.2, 0.25) is 0 Å². The molecule has 3 aromatic rings. The quantitative estimate of drug-likeness (QED) is 0.246. The number of hydrogen-bond acceptors (Lipinski definition) is 4. The van der Waals surface area contributed by atoms with E-state index in [4.69, 9.17) is 16.3 Å². The molecule has 0 unspecified atom stereocenters. The van der Waals surface area contributed by atoms with Gasteiger partial charge in [0.1, 0.15) is 12.4 Å². The second kappa shape index (κ2) is 9.89. The molecule has 0 bridgehead atoms. The fourth-order valence-electron chi connectivity index (χ4n) is 3.00. The molecule has 156 valence electrons. The van der Waals surface area contributed by atoms with Crippen molar-refractivity contribution in [2.75, 3.05) is 0 Å². The lowest BCUT2D eigenvalue weighted by Crippen LogP contribution is -2.27. The molecule has 0 radical (unpaired) electrons. The highest BCUT2D eigenvalue weighted by Crippen LogP contribution is 2.33. The van der Waals surface area contributed by atoms with E-state index in [0.717, 1.165) is 32.0 Å². The second-order valence-electron chi connectivity index (χ2n) is 6.84. The van der Waals surface area contributed by atoms with Gasteiger partial charge in [0.05, 0.1) is 11.4 Å². The van der Waals surface area contributed by atoms with Gasteiger partial charge in [-0.1, -0.05) is 54.1 Å². The Labute approximate surface area is 203 Å². The Morgan fingerprint density at radius 2 is 1.68 bits per heavy atom. The molecule has 0 aliphatic carbocycles. The molecule has 3 aromatic carbocycles. The number of carbonyl (C=O) groups is 2. The highest BCUT2D eigenvalue weighted by Gasteiger charge is 2.34. The summed E-state index contributed by atoms with van der Waals surface area (Å²) in [6.45, 7) is 0.643. The van der Waals surface area contributed by atoms with Crippen molar-refractivity contribution in [1.82, 2.24) is 4.90 Å². The van der Waals surface area contributed by atoms with Gasteiger partial charge in [0, 0.05) is 14.2 Å². The number of hydrogen-bond donors (Lipinski definition) is 0. The molecule has 0 aromatic heterocycles. The third kappa shape index (κ3) is 5.50. The summed E-state index contributed by atoms with van der Waals surface area (Å²) in [4.78, 5) is 26.8. The number of imide groups is 1. The van der Waals surface area contributed by atoms with Crippen LogP contribution in [0.5, 0.6) is 5.75 Å². The molecule has 0 saturated carbocycles. The topological polar surface area (TPSA) is 46.6 Å². The molecule has 4 rings (SSSR count). The van der Waals surface area contributed by atoms with Crippen LogP contribution in [0, 0.1) is 3.57 Å². The Bertz CT molecular complexity index is 1150. The maximum absolute atomic E-state index is 12.7. The summed E-state index contributed by atoms with van der Waals surface area (Å²) < 4.78 is 6.89. The number of benzene rings is 3. The number of nitrogens with zero attached hydrogens (tertiary/aromatic N) is 1. The van der Waals surface area contributed by atoms with Crippen molar-refractivity contribution in [2.45, 2.75) is 13.2 Å². The van der Waals surface area contributed by atoms with Gasteiger partial charge in [0.25, 0.3) is 11.1 Å². The van der Waals surface area contributed by atoms with Crippen LogP contribution in [0.1, 0.15) is 16.7 Å². The molecule has 0 spiro atoms. The molecular formula is C24H17ClINO3S. The van der Waals surface area contributed by atoms with Gasteiger partial charge in [-0.15, -0.1) is 0 Å². The predicted molar refractivity (Wildman–Crippen MR) is 133 cm³/mol. The molecule has 1 heterocycles. The van der Waals surface area contributed by atoms with E-state index in [2.05, 4.69) is 22.6 Å². The number of ether oxygens (including phenoxy) is 1. The summed E-state index contributed by atoms with van der Waals surface area (Å²) in [6, 6.07) is 22.7. The first-order valence-corrected chi connectivity index (χ1v) is 11.7. The van der Waals surface area contributed by atoms with E-state index in [9.17, 15) is 9.59 Å². The van der Waals surface area contributed by atoms with Gasteiger partial charge in [-0.05, 0) is 81.9 Å².